The summed E-state index contributed by atoms with van der Waals surface area (Å²) in [5.74, 6) is 0.774. The summed E-state index contributed by atoms with van der Waals surface area (Å²) in [6.45, 7) is 1.91. The summed E-state index contributed by atoms with van der Waals surface area (Å²) in [4.78, 5) is 8.63. The molecule has 3 nitrogen and oxygen atoms in total. The zero-order valence-electron chi connectivity index (χ0n) is 7.25. The fraction of sp³-hybridized carbons (Fsp3) is 0.556. The molecule has 0 amide bonds. The molecule has 0 saturated carbocycles. The van der Waals surface area contributed by atoms with Crippen LogP contribution in [0.2, 0.25) is 0 Å². The molecule has 3 heteroatoms. The van der Waals surface area contributed by atoms with Gasteiger partial charge in [0.05, 0.1) is 6.04 Å². The van der Waals surface area contributed by atoms with Crippen molar-refractivity contribution in [3.05, 3.63) is 23.3 Å². The van der Waals surface area contributed by atoms with Crippen LogP contribution < -0.4 is 5.73 Å². The normalized spacial score (nSPS) is 17.5. The van der Waals surface area contributed by atoms with Gasteiger partial charge in [0, 0.05) is 11.9 Å². The molecular formula is C9H13N3. The second kappa shape index (κ2) is 2.83. The lowest BCUT2D eigenvalue weighted by Crippen LogP contribution is -2.11. The first-order valence-electron chi connectivity index (χ1n) is 4.37. The molecule has 0 bridgehead atoms. The van der Waals surface area contributed by atoms with Crippen LogP contribution in [0.1, 0.15) is 36.5 Å². The number of fused-ring (bicyclic) bond motifs is 1. The molecule has 1 aromatic heterocycles. The molecule has 64 valence electrons. The van der Waals surface area contributed by atoms with Crippen molar-refractivity contribution in [1.29, 1.82) is 0 Å². The van der Waals surface area contributed by atoms with Gasteiger partial charge in [0.2, 0.25) is 0 Å². The molecule has 1 atom stereocenters. The van der Waals surface area contributed by atoms with E-state index in [4.69, 9.17) is 5.73 Å². The van der Waals surface area contributed by atoms with E-state index in [1.807, 2.05) is 13.1 Å². The van der Waals surface area contributed by atoms with Gasteiger partial charge >= 0.3 is 0 Å². The number of hydrogen-bond acceptors (Lipinski definition) is 3. The lowest BCUT2D eigenvalue weighted by atomic mass is 10.2. The second-order valence-corrected chi connectivity index (χ2v) is 3.34. The highest BCUT2D eigenvalue weighted by atomic mass is 14.9. The van der Waals surface area contributed by atoms with Gasteiger partial charge in [-0.3, -0.25) is 0 Å². The zero-order chi connectivity index (χ0) is 8.55. The van der Waals surface area contributed by atoms with Crippen LogP contribution in [-0.4, -0.2) is 9.97 Å². The summed E-state index contributed by atoms with van der Waals surface area (Å²) in [6, 6.07) is -0.0455. The van der Waals surface area contributed by atoms with Crippen molar-refractivity contribution in [2.45, 2.75) is 32.2 Å². The maximum atomic E-state index is 5.68. The SMILES string of the molecule is CC(N)c1ncc2c(n1)CCC2. The first kappa shape index (κ1) is 7.68. The highest BCUT2D eigenvalue weighted by molar-refractivity contribution is 5.22. The van der Waals surface area contributed by atoms with Gasteiger partial charge in [-0.15, -0.1) is 0 Å². The Bertz CT molecular complexity index is 294. The van der Waals surface area contributed by atoms with Crippen LogP contribution in [0.15, 0.2) is 6.20 Å². The van der Waals surface area contributed by atoms with Crippen molar-refractivity contribution in [2.75, 3.05) is 0 Å². The number of aromatic nitrogens is 2. The maximum absolute atomic E-state index is 5.68. The van der Waals surface area contributed by atoms with Crippen LogP contribution in [0.5, 0.6) is 0 Å². The molecule has 2 rings (SSSR count). The van der Waals surface area contributed by atoms with Crippen molar-refractivity contribution >= 4 is 0 Å². The van der Waals surface area contributed by atoms with Crippen molar-refractivity contribution in [3.63, 3.8) is 0 Å². The van der Waals surface area contributed by atoms with Crippen LogP contribution >= 0.6 is 0 Å². The third kappa shape index (κ3) is 1.20. The van der Waals surface area contributed by atoms with Gasteiger partial charge in [0.25, 0.3) is 0 Å². The molecule has 0 spiro atoms. The number of rotatable bonds is 1. The third-order valence-corrected chi connectivity index (χ3v) is 2.24. The van der Waals surface area contributed by atoms with E-state index >= 15 is 0 Å². The van der Waals surface area contributed by atoms with Gasteiger partial charge in [0.15, 0.2) is 0 Å². The number of nitrogens with two attached hydrogens (primary N) is 1. The fourth-order valence-corrected chi connectivity index (χ4v) is 1.55. The van der Waals surface area contributed by atoms with E-state index in [-0.39, 0.29) is 6.04 Å². The summed E-state index contributed by atoms with van der Waals surface area (Å²) in [5.41, 5.74) is 8.19. The quantitative estimate of drug-likeness (QED) is 0.671. The molecule has 0 fully saturated rings. The van der Waals surface area contributed by atoms with E-state index < -0.39 is 0 Å². The Hall–Kier alpha value is -0.960. The lowest BCUT2D eigenvalue weighted by Gasteiger charge is -2.04. The Morgan fingerprint density at radius 2 is 2.33 bits per heavy atom. The maximum Gasteiger partial charge on any atom is 0.144 e. The Morgan fingerprint density at radius 3 is 3.08 bits per heavy atom. The summed E-state index contributed by atoms with van der Waals surface area (Å²) in [5, 5.41) is 0. The summed E-state index contributed by atoms with van der Waals surface area (Å²) >= 11 is 0. The topological polar surface area (TPSA) is 51.8 Å². The van der Waals surface area contributed by atoms with E-state index in [1.54, 1.807) is 0 Å². The molecule has 1 aliphatic rings. The van der Waals surface area contributed by atoms with E-state index in [2.05, 4.69) is 9.97 Å². The highest BCUT2D eigenvalue weighted by Crippen LogP contribution is 2.19. The van der Waals surface area contributed by atoms with Gasteiger partial charge in [0.1, 0.15) is 5.82 Å². The lowest BCUT2D eigenvalue weighted by molar-refractivity contribution is 0.728. The van der Waals surface area contributed by atoms with Gasteiger partial charge in [-0.2, -0.15) is 0 Å². The summed E-state index contributed by atoms with van der Waals surface area (Å²) in [6.07, 6.45) is 5.37. The van der Waals surface area contributed by atoms with E-state index in [0.717, 1.165) is 18.7 Å². The molecule has 1 unspecified atom stereocenters. The number of hydrogen-bond donors (Lipinski definition) is 1. The second-order valence-electron chi connectivity index (χ2n) is 3.34. The number of nitrogens with zero attached hydrogens (tertiary/aromatic N) is 2. The average molecular weight is 163 g/mol. The Balaban J connectivity index is 2.39. The van der Waals surface area contributed by atoms with Crippen molar-refractivity contribution in [2.24, 2.45) is 5.73 Å². The Labute approximate surface area is 72.0 Å². The van der Waals surface area contributed by atoms with Crippen LogP contribution in [0.4, 0.5) is 0 Å². The molecule has 0 aromatic carbocycles. The molecule has 1 heterocycles. The summed E-state index contributed by atoms with van der Waals surface area (Å²) in [7, 11) is 0. The predicted molar refractivity (Wildman–Crippen MR) is 46.7 cm³/mol. The highest BCUT2D eigenvalue weighted by Gasteiger charge is 2.14. The molecule has 0 saturated heterocycles. The van der Waals surface area contributed by atoms with Crippen LogP contribution in [-0.2, 0) is 12.8 Å². The third-order valence-electron chi connectivity index (χ3n) is 2.24. The monoisotopic (exact) mass is 163 g/mol. The molecule has 1 aromatic rings. The van der Waals surface area contributed by atoms with E-state index in [1.165, 1.54) is 17.7 Å². The summed E-state index contributed by atoms with van der Waals surface area (Å²) < 4.78 is 0. The van der Waals surface area contributed by atoms with E-state index in [0.29, 0.717) is 0 Å². The van der Waals surface area contributed by atoms with Crippen molar-refractivity contribution < 1.29 is 0 Å². The van der Waals surface area contributed by atoms with Gasteiger partial charge in [-0.05, 0) is 31.7 Å². The van der Waals surface area contributed by atoms with Crippen LogP contribution in [0.3, 0.4) is 0 Å². The Kier molecular flexibility index (Phi) is 1.81. The first-order chi connectivity index (χ1) is 5.77. The van der Waals surface area contributed by atoms with Crippen LogP contribution in [0, 0.1) is 0 Å². The standard InChI is InChI=1S/C9H13N3/c1-6(10)9-11-5-7-3-2-4-8(7)12-9/h5-6H,2-4,10H2,1H3. The van der Waals surface area contributed by atoms with Gasteiger partial charge in [-0.25, -0.2) is 9.97 Å². The molecule has 1 aliphatic carbocycles. The molecular weight excluding hydrogens is 150 g/mol. The van der Waals surface area contributed by atoms with Gasteiger partial charge in [-0.1, -0.05) is 0 Å². The average Bonchev–Trinajstić information content (AvgIpc) is 2.49. The molecule has 2 N–H and O–H groups in total. The minimum Gasteiger partial charge on any atom is -0.322 e. The smallest absolute Gasteiger partial charge is 0.144 e. The fourth-order valence-electron chi connectivity index (χ4n) is 1.55. The van der Waals surface area contributed by atoms with Gasteiger partial charge < -0.3 is 5.73 Å². The minimum atomic E-state index is -0.0455. The Morgan fingerprint density at radius 1 is 1.50 bits per heavy atom. The zero-order valence-corrected chi connectivity index (χ0v) is 7.25. The van der Waals surface area contributed by atoms with Crippen molar-refractivity contribution in [3.8, 4) is 0 Å². The largest absolute Gasteiger partial charge is 0.322 e. The molecule has 0 aliphatic heterocycles. The predicted octanol–water partition coefficient (Wildman–Crippen LogP) is 0.985. The number of aryl methyl sites for hydroxylation is 2. The molecule has 0 radical (unpaired) electrons. The first-order valence-corrected chi connectivity index (χ1v) is 4.37. The van der Waals surface area contributed by atoms with Crippen LogP contribution in [0.25, 0.3) is 0 Å². The van der Waals surface area contributed by atoms with E-state index in [9.17, 15) is 0 Å². The minimum absolute atomic E-state index is 0.0455. The molecule has 12 heavy (non-hydrogen) atoms. The van der Waals surface area contributed by atoms with Crippen molar-refractivity contribution in [1.82, 2.24) is 9.97 Å².